The second kappa shape index (κ2) is 7.53. The van der Waals surface area contributed by atoms with Crippen LogP contribution in [-0.2, 0) is 5.54 Å². The van der Waals surface area contributed by atoms with Crippen LogP contribution in [0.4, 0.5) is 5.69 Å². The van der Waals surface area contributed by atoms with Crippen LogP contribution in [-0.4, -0.2) is 12.2 Å². The lowest BCUT2D eigenvalue weighted by Gasteiger charge is -2.32. The van der Waals surface area contributed by atoms with Gasteiger partial charge in [0.05, 0.1) is 12.6 Å². The van der Waals surface area contributed by atoms with E-state index in [0.29, 0.717) is 5.11 Å². The molecule has 0 radical (unpaired) electrons. The molecule has 0 aromatic heterocycles. The predicted molar refractivity (Wildman–Crippen MR) is 107 cm³/mol. The van der Waals surface area contributed by atoms with E-state index in [1.54, 1.807) is 7.11 Å². The number of nitrogens with one attached hydrogen (secondary N) is 2. The topological polar surface area (TPSA) is 33.3 Å². The first kappa shape index (κ1) is 17.2. The van der Waals surface area contributed by atoms with Crippen molar-refractivity contribution in [3.63, 3.8) is 0 Å². The Kier molecular flexibility index (Phi) is 5.41. The number of halogens is 1. The Morgan fingerprint density at radius 2 is 1.67 bits per heavy atom. The zero-order valence-electron chi connectivity index (χ0n) is 13.6. The summed E-state index contributed by atoms with van der Waals surface area (Å²) in [7, 11) is 1.69. The minimum atomic E-state index is -0.0915. The first-order valence-corrected chi connectivity index (χ1v) is 9.31. The van der Waals surface area contributed by atoms with E-state index in [0.717, 1.165) is 28.8 Å². The molecule has 0 aliphatic heterocycles. The van der Waals surface area contributed by atoms with Crippen molar-refractivity contribution in [3.8, 4) is 5.75 Å². The van der Waals surface area contributed by atoms with Crippen LogP contribution in [0, 0.1) is 0 Å². The van der Waals surface area contributed by atoms with Crippen LogP contribution in [0.15, 0.2) is 53.0 Å². The smallest absolute Gasteiger partial charge is 0.171 e. The zero-order chi connectivity index (χ0) is 17.0. The maximum absolute atomic E-state index is 5.57. The second-order valence-electron chi connectivity index (χ2n) is 6.10. The Bertz CT molecular complexity index is 694. The average molecular weight is 405 g/mol. The molecule has 0 saturated heterocycles. The van der Waals surface area contributed by atoms with E-state index in [4.69, 9.17) is 17.0 Å². The van der Waals surface area contributed by atoms with E-state index < -0.39 is 0 Å². The summed E-state index contributed by atoms with van der Waals surface area (Å²) in [4.78, 5) is 0. The van der Waals surface area contributed by atoms with E-state index in [1.807, 2.05) is 36.4 Å². The van der Waals surface area contributed by atoms with Crippen molar-refractivity contribution in [2.75, 3.05) is 12.4 Å². The van der Waals surface area contributed by atoms with E-state index in [9.17, 15) is 0 Å². The highest BCUT2D eigenvalue weighted by atomic mass is 79.9. The molecule has 5 heteroatoms. The summed E-state index contributed by atoms with van der Waals surface area (Å²) in [6.07, 6.45) is 4.59. The fourth-order valence-corrected chi connectivity index (χ4v) is 3.86. The number of hydrogen-bond donors (Lipinski definition) is 2. The van der Waals surface area contributed by atoms with Gasteiger partial charge in [0, 0.05) is 10.2 Å². The molecule has 0 amide bonds. The fraction of sp³-hybridized carbons (Fsp3) is 0.316. The average Bonchev–Trinajstić information content (AvgIpc) is 3.06. The summed E-state index contributed by atoms with van der Waals surface area (Å²) < 4.78 is 6.33. The van der Waals surface area contributed by atoms with Crippen LogP contribution in [0.1, 0.15) is 31.2 Å². The van der Waals surface area contributed by atoms with E-state index in [-0.39, 0.29) is 5.54 Å². The first-order valence-electron chi connectivity index (χ1n) is 8.11. The summed E-state index contributed by atoms with van der Waals surface area (Å²) in [5.74, 6) is 0.877. The first-order chi connectivity index (χ1) is 11.6. The van der Waals surface area contributed by atoms with Gasteiger partial charge in [-0.15, -0.1) is 0 Å². The van der Waals surface area contributed by atoms with Crippen LogP contribution in [0.5, 0.6) is 5.75 Å². The molecule has 126 valence electrons. The lowest BCUT2D eigenvalue weighted by Crippen LogP contribution is -2.45. The molecule has 0 spiro atoms. The third-order valence-corrected chi connectivity index (χ3v) is 5.29. The molecule has 2 N–H and O–H groups in total. The van der Waals surface area contributed by atoms with E-state index in [2.05, 4.69) is 38.7 Å². The van der Waals surface area contributed by atoms with Crippen LogP contribution in [0.2, 0.25) is 0 Å². The number of ether oxygens (including phenoxy) is 1. The predicted octanol–water partition coefficient (Wildman–Crippen LogP) is 5.21. The third-order valence-electron chi connectivity index (χ3n) is 4.55. The van der Waals surface area contributed by atoms with Gasteiger partial charge in [-0.2, -0.15) is 0 Å². The van der Waals surface area contributed by atoms with Gasteiger partial charge in [0.15, 0.2) is 5.11 Å². The Hall–Kier alpha value is -1.59. The van der Waals surface area contributed by atoms with E-state index >= 15 is 0 Å². The Labute approximate surface area is 156 Å². The number of benzene rings is 2. The summed E-state index contributed by atoms with van der Waals surface area (Å²) in [5, 5.41) is 7.53. The summed E-state index contributed by atoms with van der Waals surface area (Å²) in [6, 6.07) is 16.3. The maximum Gasteiger partial charge on any atom is 0.171 e. The Balaban J connectivity index is 1.75. The number of rotatable bonds is 4. The van der Waals surface area contributed by atoms with Gasteiger partial charge in [-0.05, 0) is 67.0 Å². The van der Waals surface area contributed by atoms with Crippen molar-refractivity contribution in [1.29, 1.82) is 0 Å². The quantitative estimate of drug-likeness (QED) is 0.684. The standard InChI is InChI=1S/C19H21BrN2OS/c1-23-17-10-4-14(5-11-17)19(12-2-3-13-19)22-18(24)21-16-8-6-15(20)7-9-16/h4-11H,2-3,12-13H2,1H3,(H2,21,22,24). The zero-order valence-corrected chi connectivity index (χ0v) is 16.0. The highest BCUT2D eigenvalue weighted by molar-refractivity contribution is 9.10. The number of methoxy groups -OCH3 is 1. The highest BCUT2D eigenvalue weighted by Gasteiger charge is 2.36. The molecule has 1 saturated carbocycles. The molecule has 3 rings (SSSR count). The van der Waals surface area contributed by atoms with Crippen molar-refractivity contribution in [2.45, 2.75) is 31.2 Å². The molecule has 0 bridgehead atoms. The van der Waals surface area contributed by atoms with Crippen LogP contribution < -0.4 is 15.4 Å². The van der Waals surface area contributed by atoms with Gasteiger partial charge in [0.25, 0.3) is 0 Å². The second-order valence-corrected chi connectivity index (χ2v) is 7.43. The summed E-state index contributed by atoms with van der Waals surface area (Å²) >= 11 is 9.01. The number of thiocarbonyl (C=S) groups is 1. The van der Waals surface area contributed by atoms with Gasteiger partial charge in [0.2, 0.25) is 0 Å². The van der Waals surface area contributed by atoms with Gasteiger partial charge in [0.1, 0.15) is 5.75 Å². The van der Waals surface area contributed by atoms with Crippen molar-refractivity contribution in [2.24, 2.45) is 0 Å². The molecule has 0 unspecified atom stereocenters. The molecule has 1 aliphatic carbocycles. The lowest BCUT2D eigenvalue weighted by atomic mass is 9.88. The summed E-state index contributed by atoms with van der Waals surface area (Å²) in [6.45, 7) is 0. The highest BCUT2D eigenvalue weighted by Crippen LogP contribution is 2.39. The normalized spacial score (nSPS) is 15.8. The van der Waals surface area contributed by atoms with Gasteiger partial charge in [-0.1, -0.05) is 40.9 Å². The lowest BCUT2D eigenvalue weighted by molar-refractivity contribution is 0.401. The molecule has 1 fully saturated rings. The molecule has 1 aliphatic rings. The Morgan fingerprint density at radius 1 is 1.04 bits per heavy atom. The maximum atomic E-state index is 5.57. The SMILES string of the molecule is COc1ccc(C2(NC(=S)Nc3ccc(Br)cc3)CCCC2)cc1. The number of anilines is 1. The van der Waals surface area contributed by atoms with Crippen molar-refractivity contribution in [3.05, 3.63) is 58.6 Å². The minimum absolute atomic E-state index is 0.0915. The van der Waals surface area contributed by atoms with Gasteiger partial charge in [-0.25, -0.2) is 0 Å². The van der Waals surface area contributed by atoms with Gasteiger partial charge in [-0.3, -0.25) is 0 Å². The van der Waals surface area contributed by atoms with Gasteiger partial charge < -0.3 is 15.4 Å². The van der Waals surface area contributed by atoms with Gasteiger partial charge >= 0.3 is 0 Å². The molecule has 0 atom stereocenters. The molecular weight excluding hydrogens is 384 g/mol. The number of hydrogen-bond acceptors (Lipinski definition) is 2. The minimum Gasteiger partial charge on any atom is -0.497 e. The Morgan fingerprint density at radius 3 is 2.25 bits per heavy atom. The van der Waals surface area contributed by atoms with Crippen LogP contribution in [0.3, 0.4) is 0 Å². The molecule has 2 aromatic carbocycles. The fourth-order valence-electron chi connectivity index (χ4n) is 3.29. The van der Waals surface area contributed by atoms with Crippen molar-refractivity contribution >= 4 is 38.9 Å². The molecule has 0 heterocycles. The third kappa shape index (κ3) is 3.90. The molecule has 2 aromatic rings. The summed E-state index contributed by atoms with van der Waals surface area (Å²) in [5.41, 5.74) is 2.16. The van der Waals surface area contributed by atoms with E-state index in [1.165, 1.54) is 18.4 Å². The van der Waals surface area contributed by atoms with Crippen molar-refractivity contribution < 1.29 is 4.74 Å². The monoisotopic (exact) mass is 404 g/mol. The van der Waals surface area contributed by atoms with Crippen LogP contribution >= 0.6 is 28.1 Å². The van der Waals surface area contributed by atoms with Crippen LogP contribution in [0.25, 0.3) is 0 Å². The molecular formula is C19H21BrN2OS. The van der Waals surface area contributed by atoms with Crippen molar-refractivity contribution in [1.82, 2.24) is 5.32 Å². The largest absolute Gasteiger partial charge is 0.497 e. The molecule has 3 nitrogen and oxygen atoms in total. The molecule has 24 heavy (non-hydrogen) atoms.